The first-order valence-corrected chi connectivity index (χ1v) is 11.9. The van der Waals surface area contributed by atoms with Gasteiger partial charge in [0.15, 0.2) is 0 Å². The summed E-state index contributed by atoms with van der Waals surface area (Å²) in [5.41, 5.74) is 4.04. The minimum Gasteiger partial charge on any atom is -0.497 e. The minimum absolute atomic E-state index is 0.00632. The van der Waals surface area contributed by atoms with Gasteiger partial charge in [0.1, 0.15) is 18.3 Å². The molecule has 2 amide bonds. The molecule has 1 saturated heterocycles. The molecule has 33 heavy (non-hydrogen) atoms. The lowest BCUT2D eigenvalue weighted by Crippen LogP contribution is -2.62. The van der Waals surface area contributed by atoms with Crippen LogP contribution in [0.5, 0.6) is 5.75 Å². The number of rotatable bonds is 4. The van der Waals surface area contributed by atoms with Gasteiger partial charge in [-0.2, -0.15) is 0 Å². The molecule has 2 aromatic carbocycles. The van der Waals surface area contributed by atoms with Crippen LogP contribution in [0.15, 0.2) is 66.0 Å². The maximum Gasteiger partial charge on any atom is 0.246 e. The molecule has 1 fully saturated rings. The number of nitrogens with one attached hydrogen (secondary N) is 1. The standard InChI is InChI=1S/C26H23N3O3S/c1-32-17-7-4-6-16(12-17)25-24-20(19-9-2-3-10-21(19)27-24)13-22-26(31)28(15-23(30)29(22)25)14-18-8-5-11-33-18/h2-12,22,25,27H,13-15H2,1H3/t22-,25-/m0/s1. The second-order valence-electron chi connectivity index (χ2n) is 8.54. The average molecular weight is 458 g/mol. The van der Waals surface area contributed by atoms with Crippen molar-refractivity contribution in [3.05, 3.63) is 87.7 Å². The number of amides is 2. The zero-order valence-electron chi connectivity index (χ0n) is 18.2. The Kier molecular flexibility index (Phi) is 4.73. The van der Waals surface area contributed by atoms with Crippen LogP contribution in [-0.2, 0) is 22.6 Å². The van der Waals surface area contributed by atoms with Crippen molar-refractivity contribution in [1.29, 1.82) is 0 Å². The highest BCUT2D eigenvalue weighted by atomic mass is 32.1. The molecule has 2 aromatic heterocycles. The highest BCUT2D eigenvalue weighted by Crippen LogP contribution is 2.43. The van der Waals surface area contributed by atoms with Crippen molar-refractivity contribution in [2.45, 2.75) is 25.0 Å². The van der Waals surface area contributed by atoms with Crippen LogP contribution in [0.3, 0.4) is 0 Å². The van der Waals surface area contributed by atoms with Crippen molar-refractivity contribution in [3.8, 4) is 5.75 Å². The third kappa shape index (κ3) is 3.23. The van der Waals surface area contributed by atoms with Crippen LogP contribution in [-0.4, -0.2) is 46.3 Å². The Labute approximate surface area is 195 Å². The Morgan fingerprint density at radius 3 is 2.79 bits per heavy atom. The Morgan fingerprint density at radius 2 is 1.97 bits per heavy atom. The first-order valence-electron chi connectivity index (χ1n) is 11.0. The van der Waals surface area contributed by atoms with Crippen LogP contribution in [0.4, 0.5) is 0 Å². The predicted octanol–water partition coefficient (Wildman–Crippen LogP) is 4.12. The largest absolute Gasteiger partial charge is 0.497 e. The number of carbonyl (C=O) groups excluding carboxylic acids is 2. The van der Waals surface area contributed by atoms with Crippen molar-refractivity contribution in [2.75, 3.05) is 13.7 Å². The number of carbonyl (C=O) groups is 2. The molecule has 2 aliphatic heterocycles. The second kappa shape index (κ2) is 7.78. The lowest BCUT2D eigenvalue weighted by molar-refractivity contribution is -0.159. The van der Waals surface area contributed by atoms with Crippen LogP contribution < -0.4 is 4.74 Å². The van der Waals surface area contributed by atoms with E-state index in [1.165, 1.54) is 0 Å². The topological polar surface area (TPSA) is 65.6 Å². The van der Waals surface area contributed by atoms with Gasteiger partial charge in [-0.25, -0.2) is 0 Å². The maximum atomic E-state index is 13.7. The molecule has 0 aliphatic carbocycles. The summed E-state index contributed by atoms with van der Waals surface area (Å²) in [6.45, 7) is 0.556. The van der Waals surface area contributed by atoms with Crippen molar-refractivity contribution in [1.82, 2.24) is 14.8 Å². The summed E-state index contributed by atoms with van der Waals surface area (Å²) in [6, 6.07) is 19.0. The van der Waals surface area contributed by atoms with E-state index in [9.17, 15) is 9.59 Å². The molecule has 0 radical (unpaired) electrons. The number of hydrogen-bond donors (Lipinski definition) is 1. The monoisotopic (exact) mass is 457 g/mol. The number of thiophene rings is 1. The quantitative estimate of drug-likeness (QED) is 0.501. The van der Waals surface area contributed by atoms with Gasteiger partial charge < -0.3 is 19.5 Å². The smallest absolute Gasteiger partial charge is 0.246 e. The number of fused-ring (bicyclic) bond motifs is 4. The summed E-state index contributed by atoms with van der Waals surface area (Å²) in [5.74, 6) is 0.697. The van der Waals surface area contributed by atoms with E-state index in [0.29, 0.717) is 13.0 Å². The van der Waals surface area contributed by atoms with Gasteiger partial charge in [-0.05, 0) is 40.8 Å². The molecule has 6 rings (SSSR count). The van der Waals surface area contributed by atoms with E-state index in [1.54, 1.807) is 28.2 Å². The minimum atomic E-state index is -0.533. The summed E-state index contributed by atoms with van der Waals surface area (Å²) in [5, 5.41) is 3.10. The van der Waals surface area contributed by atoms with Crippen LogP contribution in [0.2, 0.25) is 0 Å². The number of para-hydroxylation sites is 1. The number of aromatic nitrogens is 1. The number of ether oxygens (including phenoxy) is 1. The molecule has 2 atom stereocenters. The number of benzene rings is 2. The molecular formula is C26H23N3O3S. The lowest BCUT2D eigenvalue weighted by Gasteiger charge is -2.47. The average Bonchev–Trinajstić information content (AvgIpc) is 3.48. The van der Waals surface area contributed by atoms with Crippen LogP contribution >= 0.6 is 11.3 Å². The Bertz CT molecular complexity index is 1360. The van der Waals surface area contributed by atoms with Crippen molar-refractivity contribution in [3.63, 3.8) is 0 Å². The predicted molar refractivity (Wildman–Crippen MR) is 127 cm³/mol. The molecule has 0 saturated carbocycles. The highest BCUT2D eigenvalue weighted by molar-refractivity contribution is 7.09. The first kappa shape index (κ1) is 20.1. The molecule has 166 valence electrons. The van der Waals surface area contributed by atoms with E-state index in [2.05, 4.69) is 11.1 Å². The molecule has 4 aromatic rings. The zero-order valence-corrected chi connectivity index (χ0v) is 19.0. The number of piperazine rings is 1. The van der Waals surface area contributed by atoms with Gasteiger partial charge in [-0.3, -0.25) is 9.59 Å². The molecule has 1 N–H and O–H groups in total. The van der Waals surface area contributed by atoms with Gasteiger partial charge >= 0.3 is 0 Å². The number of methoxy groups -OCH3 is 1. The summed E-state index contributed by atoms with van der Waals surface area (Å²) in [4.78, 5) is 35.4. The van der Waals surface area contributed by atoms with E-state index >= 15 is 0 Å². The van der Waals surface area contributed by atoms with Crippen molar-refractivity contribution >= 4 is 34.1 Å². The van der Waals surface area contributed by atoms with Crippen LogP contribution in [0.1, 0.15) is 27.7 Å². The van der Waals surface area contributed by atoms with Crippen molar-refractivity contribution in [2.24, 2.45) is 0 Å². The SMILES string of the molecule is COc1cccc([C@H]2c3[nH]c4ccccc4c3C[C@H]3C(=O)N(Cc4cccs4)CC(=O)N23)c1. The zero-order chi connectivity index (χ0) is 22.5. The van der Waals surface area contributed by atoms with Crippen LogP contribution in [0.25, 0.3) is 10.9 Å². The molecule has 0 unspecified atom stereocenters. The van der Waals surface area contributed by atoms with E-state index in [4.69, 9.17) is 4.74 Å². The van der Waals surface area contributed by atoms with Gasteiger partial charge in [0.2, 0.25) is 11.8 Å². The third-order valence-electron chi connectivity index (χ3n) is 6.68. The first-order chi connectivity index (χ1) is 16.1. The fraction of sp³-hybridized carbons (Fsp3) is 0.231. The maximum absolute atomic E-state index is 13.7. The fourth-order valence-electron chi connectivity index (χ4n) is 5.21. The Morgan fingerprint density at radius 1 is 1.09 bits per heavy atom. The Hall–Kier alpha value is -3.58. The summed E-state index contributed by atoms with van der Waals surface area (Å²) in [7, 11) is 1.63. The third-order valence-corrected chi connectivity index (χ3v) is 7.54. The molecule has 0 bridgehead atoms. The summed E-state index contributed by atoms with van der Waals surface area (Å²) >= 11 is 1.60. The molecular weight excluding hydrogens is 434 g/mol. The van der Waals surface area contributed by atoms with Crippen molar-refractivity contribution < 1.29 is 14.3 Å². The van der Waals surface area contributed by atoms with Gasteiger partial charge in [0, 0.05) is 27.9 Å². The molecule has 2 aliphatic rings. The number of hydrogen-bond acceptors (Lipinski definition) is 4. The number of nitrogens with zero attached hydrogens (tertiary/aromatic N) is 2. The summed E-state index contributed by atoms with van der Waals surface area (Å²) < 4.78 is 5.46. The van der Waals surface area contributed by atoms with Crippen LogP contribution in [0, 0.1) is 0 Å². The lowest BCUT2D eigenvalue weighted by atomic mass is 9.86. The summed E-state index contributed by atoms with van der Waals surface area (Å²) in [6.07, 6.45) is 0.505. The Balaban J connectivity index is 1.49. The molecule has 7 heteroatoms. The molecule has 6 nitrogen and oxygen atoms in total. The molecule has 0 spiro atoms. The highest BCUT2D eigenvalue weighted by Gasteiger charge is 2.48. The fourth-order valence-corrected chi connectivity index (χ4v) is 5.93. The van der Waals surface area contributed by atoms with Gasteiger partial charge in [-0.1, -0.05) is 36.4 Å². The van der Waals surface area contributed by atoms with E-state index in [0.717, 1.165) is 38.4 Å². The van der Waals surface area contributed by atoms with Gasteiger partial charge in [-0.15, -0.1) is 11.3 Å². The number of aromatic amines is 1. The van der Waals surface area contributed by atoms with Gasteiger partial charge in [0.25, 0.3) is 0 Å². The molecule has 4 heterocycles. The van der Waals surface area contributed by atoms with E-state index in [1.807, 2.05) is 60.0 Å². The van der Waals surface area contributed by atoms with E-state index < -0.39 is 6.04 Å². The number of H-pyrrole nitrogens is 1. The second-order valence-corrected chi connectivity index (χ2v) is 9.57. The normalized spacial score (nSPS) is 20.2. The van der Waals surface area contributed by atoms with E-state index in [-0.39, 0.29) is 24.4 Å². The van der Waals surface area contributed by atoms with Gasteiger partial charge in [0.05, 0.1) is 19.7 Å².